The number of nitrogens with zero attached hydrogens (tertiary/aromatic N) is 2. The fourth-order valence-corrected chi connectivity index (χ4v) is 4.55. The Bertz CT molecular complexity index is 1420. The van der Waals surface area contributed by atoms with Crippen LogP contribution < -0.4 is 10.6 Å². The monoisotopic (exact) mass is 497 g/mol. The van der Waals surface area contributed by atoms with Crippen LogP contribution in [0.15, 0.2) is 66.9 Å². The summed E-state index contributed by atoms with van der Waals surface area (Å²) in [7, 11) is 0. The van der Waals surface area contributed by atoms with Crippen molar-refractivity contribution < 1.29 is 19.1 Å². The number of ether oxygens (including phenoxy) is 1. The molecule has 2 amide bonds. The maximum absolute atomic E-state index is 12.7. The van der Waals surface area contributed by atoms with Crippen molar-refractivity contribution in [2.24, 2.45) is 5.92 Å². The van der Waals surface area contributed by atoms with Gasteiger partial charge in [-0.25, -0.2) is 9.97 Å². The summed E-state index contributed by atoms with van der Waals surface area (Å²) in [5.41, 5.74) is 3.54. The highest BCUT2D eigenvalue weighted by Crippen LogP contribution is 2.28. The van der Waals surface area contributed by atoms with Gasteiger partial charge in [0, 0.05) is 35.9 Å². The Hall–Kier alpha value is -4.53. The van der Waals surface area contributed by atoms with Gasteiger partial charge in [0.1, 0.15) is 17.7 Å². The molecule has 188 valence electrons. The largest absolute Gasteiger partial charge is 0.463 e. The van der Waals surface area contributed by atoms with Gasteiger partial charge >= 0.3 is 5.97 Å². The number of benzene rings is 2. The molecule has 1 saturated carbocycles. The van der Waals surface area contributed by atoms with E-state index in [1.54, 1.807) is 36.5 Å². The third-order valence-electron chi connectivity index (χ3n) is 6.45. The molecule has 1 aliphatic carbocycles. The normalized spacial score (nSPS) is 17.2. The number of amides is 2. The first kappa shape index (κ1) is 24.2. The van der Waals surface area contributed by atoms with Gasteiger partial charge in [-0.3, -0.25) is 14.4 Å². The van der Waals surface area contributed by atoms with E-state index >= 15 is 0 Å². The van der Waals surface area contributed by atoms with Gasteiger partial charge in [0.05, 0.1) is 11.0 Å². The minimum Gasteiger partial charge on any atom is -0.463 e. The van der Waals surface area contributed by atoms with Crippen molar-refractivity contribution in [3.05, 3.63) is 72.4 Å². The molecule has 0 aliphatic heterocycles. The molecule has 2 aromatic carbocycles. The Morgan fingerprint density at radius 2 is 1.73 bits per heavy atom. The maximum atomic E-state index is 12.7. The molecule has 9 heteroatoms. The number of nitrogens with one attached hydrogen (secondary N) is 3. The SMILES string of the molecule is CC(=O)OC1CCC(C(=O)Nc2ccc(-c3nc4ccc(C(=O)Nc5ccccn5)cc4[nH]3)cc2)CC1. The molecule has 0 unspecified atom stereocenters. The predicted octanol–water partition coefficient (Wildman–Crippen LogP) is 4.94. The smallest absolute Gasteiger partial charge is 0.302 e. The quantitative estimate of drug-likeness (QED) is 0.324. The van der Waals surface area contributed by atoms with Gasteiger partial charge < -0.3 is 20.4 Å². The topological polar surface area (TPSA) is 126 Å². The molecular weight excluding hydrogens is 470 g/mol. The number of carbonyl (C=O) groups is 3. The Balaban J connectivity index is 1.22. The molecule has 0 atom stereocenters. The number of anilines is 2. The van der Waals surface area contributed by atoms with Crippen molar-refractivity contribution in [2.75, 3.05) is 10.6 Å². The van der Waals surface area contributed by atoms with Crippen LogP contribution in [0, 0.1) is 5.92 Å². The summed E-state index contributed by atoms with van der Waals surface area (Å²) < 4.78 is 5.25. The highest BCUT2D eigenvalue weighted by Gasteiger charge is 2.27. The Morgan fingerprint density at radius 1 is 0.946 bits per heavy atom. The molecule has 2 heterocycles. The first-order valence-corrected chi connectivity index (χ1v) is 12.3. The molecule has 0 bridgehead atoms. The molecule has 37 heavy (non-hydrogen) atoms. The lowest BCUT2D eigenvalue weighted by Gasteiger charge is -2.27. The fraction of sp³-hybridized carbons (Fsp3) is 0.250. The standard InChI is InChI=1S/C28H27N5O4/c1-17(34)37-22-12-7-19(8-13-22)27(35)30-21-10-5-18(6-11-21)26-31-23-14-9-20(16-24(23)32-26)28(36)33-25-4-2-3-15-29-25/h2-6,9-11,14-16,19,22H,7-8,12-13H2,1H3,(H,30,35)(H,31,32)(H,29,33,36). The summed E-state index contributed by atoms with van der Waals surface area (Å²) in [4.78, 5) is 48.4. The van der Waals surface area contributed by atoms with Crippen LogP contribution in [-0.4, -0.2) is 38.8 Å². The van der Waals surface area contributed by atoms with E-state index in [1.807, 2.05) is 30.3 Å². The second-order valence-electron chi connectivity index (χ2n) is 9.14. The molecule has 9 nitrogen and oxygen atoms in total. The van der Waals surface area contributed by atoms with Crippen LogP contribution in [0.4, 0.5) is 11.5 Å². The van der Waals surface area contributed by atoms with Gasteiger partial charge in [0.15, 0.2) is 0 Å². The second kappa shape index (κ2) is 10.6. The number of pyridine rings is 1. The number of imidazole rings is 1. The number of aromatic amines is 1. The van der Waals surface area contributed by atoms with Gasteiger partial charge in [0.25, 0.3) is 5.91 Å². The van der Waals surface area contributed by atoms with Crippen LogP contribution in [-0.2, 0) is 14.3 Å². The molecule has 3 N–H and O–H groups in total. The van der Waals surface area contributed by atoms with E-state index in [0.29, 0.717) is 48.6 Å². The Kier molecular flexibility index (Phi) is 6.93. The summed E-state index contributed by atoms with van der Waals surface area (Å²) >= 11 is 0. The molecule has 1 aliphatic rings. The van der Waals surface area contributed by atoms with Crippen molar-refractivity contribution in [3.8, 4) is 11.4 Å². The average molecular weight is 498 g/mol. The summed E-state index contributed by atoms with van der Waals surface area (Å²) in [5, 5.41) is 5.76. The predicted molar refractivity (Wildman–Crippen MR) is 140 cm³/mol. The number of carbonyl (C=O) groups excluding carboxylic acids is 3. The molecule has 5 rings (SSSR count). The van der Waals surface area contributed by atoms with Gasteiger partial charge in [-0.1, -0.05) is 6.07 Å². The zero-order valence-corrected chi connectivity index (χ0v) is 20.4. The van der Waals surface area contributed by atoms with Crippen LogP contribution in [0.2, 0.25) is 0 Å². The van der Waals surface area contributed by atoms with Crippen LogP contribution in [0.5, 0.6) is 0 Å². The zero-order chi connectivity index (χ0) is 25.8. The lowest BCUT2D eigenvalue weighted by Crippen LogP contribution is -2.30. The molecular formula is C28H27N5O4. The molecule has 4 aromatic rings. The molecule has 0 radical (unpaired) electrons. The van der Waals surface area contributed by atoms with Crippen molar-refractivity contribution in [3.63, 3.8) is 0 Å². The molecule has 0 saturated heterocycles. The number of hydrogen-bond donors (Lipinski definition) is 3. The van der Waals surface area contributed by atoms with Gasteiger partial charge in [0.2, 0.25) is 5.91 Å². The number of H-pyrrole nitrogens is 1. The van der Waals surface area contributed by atoms with Crippen molar-refractivity contribution in [2.45, 2.75) is 38.7 Å². The molecule has 1 fully saturated rings. The maximum Gasteiger partial charge on any atom is 0.302 e. The van der Waals surface area contributed by atoms with E-state index in [-0.39, 0.29) is 29.8 Å². The Morgan fingerprint density at radius 3 is 2.43 bits per heavy atom. The summed E-state index contributed by atoms with van der Waals surface area (Å²) in [5.74, 6) is 0.514. The van der Waals surface area contributed by atoms with Crippen molar-refractivity contribution in [1.29, 1.82) is 0 Å². The third-order valence-corrected chi connectivity index (χ3v) is 6.45. The lowest BCUT2D eigenvalue weighted by atomic mass is 9.86. The van der Waals surface area contributed by atoms with Gasteiger partial charge in [-0.05, 0) is 80.3 Å². The number of esters is 1. The van der Waals surface area contributed by atoms with E-state index in [1.165, 1.54) is 6.92 Å². The van der Waals surface area contributed by atoms with E-state index < -0.39 is 0 Å². The van der Waals surface area contributed by atoms with Gasteiger partial charge in [-0.15, -0.1) is 0 Å². The van der Waals surface area contributed by atoms with Crippen molar-refractivity contribution >= 4 is 40.3 Å². The minimum atomic E-state index is -0.274. The van der Waals surface area contributed by atoms with E-state index in [9.17, 15) is 14.4 Å². The highest BCUT2D eigenvalue weighted by atomic mass is 16.5. The van der Waals surface area contributed by atoms with Crippen LogP contribution >= 0.6 is 0 Å². The van der Waals surface area contributed by atoms with Crippen LogP contribution in [0.1, 0.15) is 43.0 Å². The minimum absolute atomic E-state index is 0.0192. The lowest BCUT2D eigenvalue weighted by molar-refractivity contribution is -0.148. The number of aromatic nitrogens is 3. The van der Waals surface area contributed by atoms with Crippen LogP contribution in [0.25, 0.3) is 22.4 Å². The van der Waals surface area contributed by atoms with Crippen LogP contribution in [0.3, 0.4) is 0 Å². The average Bonchev–Trinajstić information content (AvgIpc) is 3.33. The summed E-state index contributed by atoms with van der Waals surface area (Å²) in [6.45, 7) is 1.41. The van der Waals surface area contributed by atoms with E-state index in [2.05, 4.69) is 25.6 Å². The number of rotatable bonds is 6. The first-order valence-electron chi connectivity index (χ1n) is 12.3. The molecule has 0 spiro atoms. The molecule has 2 aromatic heterocycles. The first-order chi connectivity index (χ1) is 17.9. The number of fused-ring (bicyclic) bond motifs is 1. The van der Waals surface area contributed by atoms with Crippen molar-refractivity contribution in [1.82, 2.24) is 15.0 Å². The third kappa shape index (κ3) is 5.83. The highest BCUT2D eigenvalue weighted by molar-refractivity contribution is 6.05. The van der Waals surface area contributed by atoms with E-state index in [4.69, 9.17) is 4.74 Å². The second-order valence-corrected chi connectivity index (χ2v) is 9.14. The Labute approximate surface area is 213 Å². The zero-order valence-electron chi connectivity index (χ0n) is 20.4. The summed E-state index contributed by atoms with van der Waals surface area (Å²) in [6.07, 6.45) is 4.33. The van der Waals surface area contributed by atoms with Gasteiger partial charge in [-0.2, -0.15) is 0 Å². The number of hydrogen-bond acceptors (Lipinski definition) is 6. The summed E-state index contributed by atoms with van der Waals surface area (Å²) in [6, 6.07) is 18.1. The van der Waals surface area contributed by atoms with E-state index in [0.717, 1.165) is 16.6 Å². The fourth-order valence-electron chi connectivity index (χ4n) is 4.55.